The van der Waals surface area contributed by atoms with Gasteiger partial charge in [-0.25, -0.2) is 4.79 Å². The Morgan fingerprint density at radius 1 is 1.17 bits per heavy atom. The first-order valence-corrected chi connectivity index (χ1v) is 7.42. The number of carbonyl (C=O) groups is 1. The number of ether oxygens (including phenoxy) is 3. The number of rotatable bonds is 5. The molecule has 3 rings (SSSR count). The maximum absolute atomic E-state index is 11.8. The number of anilines is 1. The summed E-state index contributed by atoms with van der Waals surface area (Å²) in [4.78, 5) is 11.8. The van der Waals surface area contributed by atoms with Crippen LogP contribution >= 0.6 is 11.6 Å². The van der Waals surface area contributed by atoms with Crippen molar-refractivity contribution in [3.63, 3.8) is 0 Å². The van der Waals surface area contributed by atoms with E-state index >= 15 is 0 Å². The number of urea groups is 1. The Balaban J connectivity index is 1.41. The highest BCUT2D eigenvalue weighted by molar-refractivity contribution is 6.33. The van der Waals surface area contributed by atoms with E-state index in [1.54, 1.807) is 42.5 Å². The highest BCUT2D eigenvalue weighted by Crippen LogP contribution is 2.34. The van der Waals surface area contributed by atoms with Gasteiger partial charge in [0.15, 0.2) is 11.5 Å². The van der Waals surface area contributed by atoms with Crippen LogP contribution in [0.1, 0.15) is 0 Å². The van der Waals surface area contributed by atoms with Gasteiger partial charge in [0.1, 0.15) is 12.4 Å². The van der Waals surface area contributed by atoms with Gasteiger partial charge in [0, 0.05) is 6.07 Å². The standard InChI is InChI=1S/C16H15ClN2O4/c17-12-3-1-2-4-13(12)19-16(20)18-7-8-21-11-5-6-14-15(9-11)23-10-22-14/h1-6,9H,7-8,10H2,(H2,18,19,20). The number of amides is 2. The van der Waals surface area contributed by atoms with Gasteiger partial charge in [-0.15, -0.1) is 0 Å². The Morgan fingerprint density at radius 3 is 2.87 bits per heavy atom. The van der Waals surface area contributed by atoms with Gasteiger partial charge in [0.05, 0.1) is 17.3 Å². The third-order valence-corrected chi connectivity index (χ3v) is 3.45. The second-order valence-corrected chi connectivity index (χ2v) is 5.13. The number of halogens is 1. The Kier molecular flexibility index (Phi) is 4.73. The van der Waals surface area contributed by atoms with Crippen LogP contribution in [0.4, 0.5) is 10.5 Å². The van der Waals surface area contributed by atoms with Crippen LogP contribution in [-0.4, -0.2) is 26.0 Å². The van der Waals surface area contributed by atoms with Crippen molar-refractivity contribution in [2.24, 2.45) is 0 Å². The van der Waals surface area contributed by atoms with Gasteiger partial charge < -0.3 is 24.8 Å². The Morgan fingerprint density at radius 2 is 2.00 bits per heavy atom. The Bertz CT molecular complexity index is 708. The van der Waals surface area contributed by atoms with E-state index in [2.05, 4.69) is 10.6 Å². The van der Waals surface area contributed by atoms with Crippen LogP contribution in [0.2, 0.25) is 5.02 Å². The van der Waals surface area contributed by atoms with E-state index in [0.29, 0.717) is 41.1 Å². The van der Waals surface area contributed by atoms with Crippen LogP contribution in [0.3, 0.4) is 0 Å². The SMILES string of the molecule is O=C(NCCOc1ccc2c(c1)OCO2)Nc1ccccc1Cl. The molecule has 2 amide bonds. The van der Waals surface area contributed by atoms with Crippen molar-refractivity contribution in [2.45, 2.75) is 0 Å². The Hall–Kier alpha value is -2.60. The highest BCUT2D eigenvalue weighted by Gasteiger charge is 2.13. The van der Waals surface area contributed by atoms with Crippen LogP contribution in [0.5, 0.6) is 17.2 Å². The number of para-hydroxylation sites is 1. The summed E-state index contributed by atoms with van der Waals surface area (Å²) < 4.78 is 16.0. The van der Waals surface area contributed by atoms with Gasteiger partial charge >= 0.3 is 6.03 Å². The van der Waals surface area contributed by atoms with Gasteiger partial charge in [-0.2, -0.15) is 0 Å². The second-order valence-electron chi connectivity index (χ2n) is 4.72. The van der Waals surface area contributed by atoms with Crippen LogP contribution in [-0.2, 0) is 0 Å². The first kappa shape index (κ1) is 15.3. The molecule has 0 radical (unpaired) electrons. The maximum atomic E-state index is 11.8. The second kappa shape index (κ2) is 7.11. The fourth-order valence-corrected chi connectivity index (χ4v) is 2.21. The summed E-state index contributed by atoms with van der Waals surface area (Å²) >= 11 is 5.97. The average Bonchev–Trinajstić information content (AvgIpc) is 3.01. The summed E-state index contributed by atoms with van der Waals surface area (Å²) in [5.74, 6) is 2.02. The maximum Gasteiger partial charge on any atom is 0.319 e. The van der Waals surface area contributed by atoms with E-state index in [4.69, 9.17) is 25.8 Å². The highest BCUT2D eigenvalue weighted by atomic mass is 35.5. The summed E-state index contributed by atoms with van der Waals surface area (Å²) in [5.41, 5.74) is 0.559. The van der Waals surface area contributed by atoms with Gasteiger partial charge in [0.25, 0.3) is 0 Å². The van der Waals surface area contributed by atoms with E-state index in [1.807, 2.05) is 0 Å². The lowest BCUT2D eigenvalue weighted by atomic mass is 10.3. The zero-order valence-corrected chi connectivity index (χ0v) is 12.9. The molecule has 1 heterocycles. The number of nitrogens with one attached hydrogen (secondary N) is 2. The molecule has 0 aromatic heterocycles. The molecule has 6 nitrogen and oxygen atoms in total. The molecule has 0 unspecified atom stereocenters. The number of fused-ring (bicyclic) bond motifs is 1. The number of hydrogen-bond donors (Lipinski definition) is 2. The van der Waals surface area contributed by atoms with E-state index < -0.39 is 0 Å². The molecule has 0 atom stereocenters. The predicted octanol–water partition coefficient (Wildman–Crippen LogP) is 3.27. The minimum Gasteiger partial charge on any atom is -0.492 e. The molecule has 0 spiro atoms. The van der Waals surface area contributed by atoms with Gasteiger partial charge in [-0.05, 0) is 24.3 Å². The van der Waals surface area contributed by atoms with Gasteiger partial charge in [0.2, 0.25) is 6.79 Å². The third kappa shape index (κ3) is 3.98. The van der Waals surface area contributed by atoms with Crippen molar-refractivity contribution in [1.29, 1.82) is 0 Å². The predicted molar refractivity (Wildman–Crippen MR) is 86.5 cm³/mol. The van der Waals surface area contributed by atoms with E-state index in [1.165, 1.54) is 0 Å². The molecular weight excluding hydrogens is 320 g/mol. The summed E-state index contributed by atoms with van der Waals surface area (Å²) in [5, 5.41) is 5.85. The third-order valence-electron chi connectivity index (χ3n) is 3.12. The summed E-state index contributed by atoms with van der Waals surface area (Å²) in [6.07, 6.45) is 0. The molecule has 0 saturated heterocycles. The molecule has 2 aromatic rings. The zero-order valence-electron chi connectivity index (χ0n) is 12.2. The topological polar surface area (TPSA) is 68.8 Å². The van der Waals surface area contributed by atoms with Crippen molar-refractivity contribution in [1.82, 2.24) is 5.32 Å². The minimum absolute atomic E-state index is 0.225. The fourth-order valence-electron chi connectivity index (χ4n) is 2.03. The first-order chi connectivity index (χ1) is 11.2. The molecule has 0 bridgehead atoms. The number of hydrogen-bond acceptors (Lipinski definition) is 4. The lowest BCUT2D eigenvalue weighted by molar-refractivity contribution is 0.173. The molecule has 7 heteroatoms. The van der Waals surface area contributed by atoms with Gasteiger partial charge in [-0.3, -0.25) is 0 Å². The van der Waals surface area contributed by atoms with Crippen LogP contribution in [0.25, 0.3) is 0 Å². The van der Waals surface area contributed by atoms with Crippen molar-refractivity contribution in [2.75, 3.05) is 25.3 Å². The van der Waals surface area contributed by atoms with E-state index in [-0.39, 0.29) is 12.8 Å². The van der Waals surface area contributed by atoms with Crippen molar-refractivity contribution < 1.29 is 19.0 Å². The van der Waals surface area contributed by atoms with Crippen molar-refractivity contribution >= 4 is 23.3 Å². The zero-order chi connectivity index (χ0) is 16.1. The monoisotopic (exact) mass is 334 g/mol. The molecule has 1 aliphatic heterocycles. The number of carbonyl (C=O) groups excluding carboxylic acids is 1. The Labute approximate surface area is 138 Å². The van der Waals surface area contributed by atoms with E-state index in [0.717, 1.165) is 0 Å². The lowest BCUT2D eigenvalue weighted by Crippen LogP contribution is -2.32. The minimum atomic E-state index is -0.340. The molecule has 120 valence electrons. The lowest BCUT2D eigenvalue weighted by Gasteiger charge is -2.10. The molecule has 1 aliphatic rings. The van der Waals surface area contributed by atoms with Crippen LogP contribution < -0.4 is 24.8 Å². The summed E-state index contributed by atoms with van der Waals surface area (Å²) in [6.45, 7) is 0.906. The summed E-state index contributed by atoms with van der Waals surface area (Å²) in [6, 6.07) is 12.0. The molecule has 2 N–H and O–H groups in total. The van der Waals surface area contributed by atoms with Crippen molar-refractivity contribution in [3.8, 4) is 17.2 Å². The largest absolute Gasteiger partial charge is 0.492 e. The molecule has 0 saturated carbocycles. The van der Waals surface area contributed by atoms with E-state index in [9.17, 15) is 4.79 Å². The molecular formula is C16H15ClN2O4. The molecule has 2 aromatic carbocycles. The fraction of sp³-hybridized carbons (Fsp3) is 0.188. The smallest absolute Gasteiger partial charge is 0.319 e. The number of benzene rings is 2. The molecule has 0 aliphatic carbocycles. The average molecular weight is 335 g/mol. The van der Waals surface area contributed by atoms with Crippen LogP contribution in [0, 0.1) is 0 Å². The normalized spacial score (nSPS) is 11.9. The van der Waals surface area contributed by atoms with Crippen molar-refractivity contribution in [3.05, 3.63) is 47.5 Å². The van der Waals surface area contributed by atoms with Gasteiger partial charge in [-0.1, -0.05) is 23.7 Å². The van der Waals surface area contributed by atoms with Crippen LogP contribution in [0.15, 0.2) is 42.5 Å². The molecule has 23 heavy (non-hydrogen) atoms. The molecule has 0 fully saturated rings. The quantitative estimate of drug-likeness (QED) is 0.823. The first-order valence-electron chi connectivity index (χ1n) is 7.04. The summed E-state index contributed by atoms with van der Waals surface area (Å²) in [7, 11) is 0.